The second-order valence-electron chi connectivity index (χ2n) is 3.44. The summed E-state index contributed by atoms with van der Waals surface area (Å²) in [5, 5.41) is 13.7. The van der Waals surface area contributed by atoms with Crippen molar-refractivity contribution in [3.8, 4) is 0 Å². The summed E-state index contributed by atoms with van der Waals surface area (Å²) in [4.78, 5) is 21.9. The first-order valence-electron chi connectivity index (χ1n) is 4.76. The largest absolute Gasteiger partial charge is 0.480 e. The summed E-state index contributed by atoms with van der Waals surface area (Å²) in [6.45, 7) is 3.88. The first-order valence-corrected chi connectivity index (χ1v) is 4.76. The Balaban J connectivity index is 4.04. The number of urea groups is 1. The second-order valence-corrected chi connectivity index (χ2v) is 3.44. The average molecular weight is 218 g/mol. The molecule has 0 saturated carbocycles. The topological polar surface area (TPSA) is 87.7 Å². The van der Waals surface area contributed by atoms with Gasteiger partial charge in [-0.25, -0.2) is 9.59 Å². The van der Waals surface area contributed by atoms with Crippen LogP contribution in [0.1, 0.15) is 20.3 Å². The van der Waals surface area contributed by atoms with Crippen LogP contribution in [0.3, 0.4) is 0 Å². The Morgan fingerprint density at radius 2 is 1.93 bits per heavy atom. The Kier molecular flexibility index (Phi) is 6.44. The van der Waals surface area contributed by atoms with Gasteiger partial charge in [0, 0.05) is 26.2 Å². The minimum atomic E-state index is -1.06. The molecular weight excluding hydrogens is 200 g/mol. The number of ether oxygens (including phenoxy) is 1. The third-order valence-electron chi connectivity index (χ3n) is 1.63. The van der Waals surface area contributed by atoms with Gasteiger partial charge < -0.3 is 20.5 Å². The zero-order valence-electron chi connectivity index (χ0n) is 9.24. The first kappa shape index (κ1) is 13.7. The van der Waals surface area contributed by atoms with Crippen LogP contribution >= 0.6 is 0 Å². The lowest BCUT2D eigenvalue weighted by atomic mass is 10.2. The number of carboxylic acid groups (broad SMARTS) is 1. The van der Waals surface area contributed by atoms with Crippen molar-refractivity contribution in [3.63, 3.8) is 0 Å². The molecule has 88 valence electrons. The van der Waals surface area contributed by atoms with E-state index in [0.717, 1.165) is 0 Å². The maximum absolute atomic E-state index is 11.2. The molecule has 0 spiro atoms. The molecule has 15 heavy (non-hydrogen) atoms. The molecular formula is C9H18N2O4. The molecule has 0 aromatic rings. The van der Waals surface area contributed by atoms with Gasteiger partial charge in [0.1, 0.15) is 6.04 Å². The van der Waals surface area contributed by atoms with E-state index in [2.05, 4.69) is 10.6 Å². The summed E-state index contributed by atoms with van der Waals surface area (Å²) in [5.74, 6) is -1.06. The number of methoxy groups -OCH3 is 1. The number of hydrogen-bond donors (Lipinski definition) is 3. The zero-order chi connectivity index (χ0) is 11.8. The minimum Gasteiger partial charge on any atom is -0.480 e. The van der Waals surface area contributed by atoms with Crippen LogP contribution < -0.4 is 10.6 Å². The first-order chi connectivity index (χ1) is 6.97. The number of carbonyl (C=O) groups excluding carboxylic acids is 1. The third kappa shape index (κ3) is 6.73. The van der Waals surface area contributed by atoms with E-state index in [0.29, 0.717) is 6.61 Å². The molecule has 1 unspecified atom stereocenters. The standard InChI is InChI=1S/C9H18N2O4/c1-6(2)10-9(14)11-7(8(12)13)4-5-15-3/h6-7H,4-5H2,1-3H3,(H,12,13)(H2,10,11,14). The van der Waals surface area contributed by atoms with Crippen LogP contribution in [0.2, 0.25) is 0 Å². The number of aliphatic carboxylic acids is 1. The second kappa shape index (κ2) is 7.05. The molecule has 0 bridgehead atoms. The Morgan fingerprint density at radius 1 is 1.33 bits per heavy atom. The van der Waals surface area contributed by atoms with Crippen molar-refractivity contribution in [1.29, 1.82) is 0 Å². The number of amides is 2. The smallest absolute Gasteiger partial charge is 0.326 e. The summed E-state index contributed by atoms with van der Waals surface area (Å²) in [7, 11) is 1.48. The van der Waals surface area contributed by atoms with E-state index in [1.165, 1.54) is 7.11 Å². The molecule has 0 aliphatic heterocycles. The minimum absolute atomic E-state index is 0.0260. The maximum Gasteiger partial charge on any atom is 0.326 e. The van der Waals surface area contributed by atoms with Crippen LogP contribution in [0.5, 0.6) is 0 Å². The van der Waals surface area contributed by atoms with Gasteiger partial charge in [-0.3, -0.25) is 0 Å². The molecule has 0 fully saturated rings. The van der Waals surface area contributed by atoms with E-state index in [1.54, 1.807) is 13.8 Å². The molecule has 0 radical (unpaired) electrons. The Labute approximate surface area is 89.0 Å². The monoisotopic (exact) mass is 218 g/mol. The average Bonchev–Trinajstić information content (AvgIpc) is 2.10. The summed E-state index contributed by atoms with van der Waals surface area (Å²) in [6.07, 6.45) is 0.247. The van der Waals surface area contributed by atoms with Crippen molar-refractivity contribution in [2.24, 2.45) is 0 Å². The normalized spacial score (nSPS) is 12.3. The Morgan fingerprint density at radius 3 is 2.33 bits per heavy atom. The number of carboxylic acids is 1. The fourth-order valence-corrected chi connectivity index (χ4v) is 0.955. The van der Waals surface area contributed by atoms with Crippen molar-refractivity contribution < 1.29 is 19.4 Å². The number of hydrogen-bond acceptors (Lipinski definition) is 3. The van der Waals surface area contributed by atoms with Gasteiger partial charge in [-0.05, 0) is 13.8 Å². The summed E-state index contributed by atoms with van der Waals surface area (Å²) in [6, 6.07) is -1.42. The number of rotatable bonds is 6. The molecule has 1 atom stereocenters. The molecule has 3 N–H and O–H groups in total. The molecule has 0 saturated heterocycles. The summed E-state index contributed by atoms with van der Waals surface area (Å²) in [5.41, 5.74) is 0. The number of nitrogens with one attached hydrogen (secondary N) is 2. The SMILES string of the molecule is COCCC(NC(=O)NC(C)C)C(=O)O. The number of carbonyl (C=O) groups is 2. The molecule has 0 aromatic carbocycles. The van der Waals surface area contributed by atoms with E-state index < -0.39 is 18.0 Å². The van der Waals surface area contributed by atoms with Gasteiger partial charge in [0.15, 0.2) is 0 Å². The molecule has 0 aliphatic rings. The lowest BCUT2D eigenvalue weighted by Gasteiger charge is -2.16. The predicted octanol–water partition coefficient (Wildman–Crippen LogP) is 0.184. The molecule has 2 amide bonds. The highest BCUT2D eigenvalue weighted by Crippen LogP contribution is 1.93. The van der Waals surface area contributed by atoms with Gasteiger partial charge in [-0.15, -0.1) is 0 Å². The van der Waals surface area contributed by atoms with E-state index >= 15 is 0 Å². The van der Waals surface area contributed by atoms with Gasteiger partial charge >= 0.3 is 12.0 Å². The van der Waals surface area contributed by atoms with Gasteiger partial charge in [0.25, 0.3) is 0 Å². The van der Waals surface area contributed by atoms with Crippen LogP contribution in [-0.2, 0) is 9.53 Å². The molecule has 0 aliphatic carbocycles. The lowest BCUT2D eigenvalue weighted by Crippen LogP contribution is -2.48. The van der Waals surface area contributed by atoms with Crippen LogP contribution in [0, 0.1) is 0 Å². The summed E-state index contributed by atoms with van der Waals surface area (Å²) >= 11 is 0. The van der Waals surface area contributed by atoms with E-state index in [-0.39, 0.29) is 12.5 Å². The quantitative estimate of drug-likeness (QED) is 0.593. The maximum atomic E-state index is 11.2. The van der Waals surface area contributed by atoms with Crippen LogP contribution in [0.15, 0.2) is 0 Å². The van der Waals surface area contributed by atoms with E-state index in [4.69, 9.17) is 9.84 Å². The molecule has 0 rings (SSSR count). The summed E-state index contributed by atoms with van der Waals surface area (Å²) < 4.78 is 4.75. The van der Waals surface area contributed by atoms with Gasteiger partial charge in [-0.2, -0.15) is 0 Å². The molecule has 0 heterocycles. The third-order valence-corrected chi connectivity index (χ3v) is 1.63. The highest BCUT2D eigenvalue weighted by molar-refractivity contribution is 5.82. The van der Waals surface area contributed by atoms with Crippen molar-refractivity contribution in [2.45, 2.75) is 32.4 Å². The Hall–Kier alpha value is -1.30. The van der Waals surface area contributed by atoms with Gasteiger partial charge in [-0.1, -0.05) is 0 Å². The van der Waals surface area contributed by atoms with E-state index in [1.807, 2.05) is 0 Å². The fraction of sp³-hybridized carbons (Fsp3) is 0.778. The van der Waals surface area contributed by atoms with Crippen molar-refractivity contribution in [1.82, 2.24) is 10.6 Å². The lowest BCUT2D eigenvalue weighted by molar-refractivity contribution is -0.139. The predicted molar refractivity (Wildman–Crippen MR) is 54.7 cm³/mol. The van der Waals surface area contributed by atoms with Gasteiger partial charge in [0.05, 0.1) is 0 Å². The highest BCUT2D eigenvalue weighted by atomic mass is 16.5. The fourth-order valence-electron chi connectivity index (χ4n) is 0.955. The van der Waals surface area contributed by atoms with E-state index in [9.17, 15) is 9.59 Å². The van der Waals surface area contributed by atoms with Crippen LogP contribution in [-0.4, -0.2) is 42.9 Å². The van der Waals surface area contributed by atoms with Crippen molar-refractivity contribution in [2.75, 3.05) is 13.7 Å². The molecule has 6 heteroatoms. The van der Waals surface area contributed by atoms with Crippen LogP contribution in [0.25, 0.3) is 0 Å². The Bertz CT molecular complexity index is 218. The van der Waals surface area contributed by atoms with Crippen molar-refractivity contribution >= 4 is 12.0 Å². The highest BCUT2D eigenvalue weighted by Gasteiger charge is 2.19. The zero-order valence-corrected chi connectivity index (χ0v) is 9.24. The molecule has 6 nitrogen and oxygen atoms in total. The van der Waals surface area contributed by atoms with Crippen LogP contribution in [0.4, 0.5) is 4.79 Å². The van der Waals surface area contributed by atoms with Crippen molar-refractivity contribution in [3.05, 3.63) is 0 Å². The molecule has 0 aromatic heterocycles. The van der Waals surface area contributed by atoms with Gasteiger partial charge in [0.2, 0.25) is 0 Å².